The molecule has 0 aromatic heterocycles. The first-order chi connectivity index (χ1) is 11.6. The van der Waals surface area contributed by atoms with Gasteiger partial charge in [0.05, 0.1) is 11.0 Å². The summed E-state index contributed by atoms with van der Waals surface area (Å²) < 4.78 is 15.2. The Labute approximate surface area is 134 Å². The topological polar surface area (TPSA) is 80.6 Å². The number of nitrogens with zero attached hydrogens (tertiary/aromatic N) is 3. The Kier molecular flexibility index (Phi) is 3.19. The third kappa shape index (κ3) is 2.36. The van der Waals surface area contributed by atoms with Crippen LogP contribution in [0.3, 0.4) is 0 Å². The molecule has 24 heavy (non-hydrogen) atoms. The molecule has 0 aliphatic carbocycles. The predicted octanol–water partition coefficient (Wildman–Crippen LogP) is 1.77. The molecule has 2 aromatic rings. The highest BCUT2D eigenvalue weighted by molar-refractivity contribution is 5.79. The molecule has 0 unspecified atom stereocenters. The number of para-hydroxylation sites is 2. The van der Waals surface area contributed by atoms with E-state index in [1.165, 1.54) is 12.1 Å². The largest absolute Gasteiger partial charge is 0.349 e. The fraction of sp³-hybridized carbons (Fsp3) is 0.0588. The number of hydrogen-bond donors (Lipinski definition) is 1. The number of aromatic amines is 1. The molecule has 0 fully saturated rings. The van der Waals surface area contributed by atoms with Crippen LogP contribution in [-0.4, -0.2) is 19.5 Å². The third-order valence-electron chi connectivity index (χ3n) is 3.74. The molecule has 0 atom stereocenters. The molecule has 0 saturated carbocycles. The second-order valence-corrected chi connectivity index (χ2v) is 5.36. The summed E-state index contributed by atoms with van der Waals surface area (Å²) in [6.45, 7) is 0.257. The molecule has 4 rings (SSSR count). The zero-order chi connectivity index (χ0) is 16.7. The number of aromatic nitrogens is 4. The van der Waals surface area contributed by atoms with Crippen LogP contribution in [0.2, 0.25) is 0 Å². The molecule has 0 radical (unpaired) electrons. The number of benzene rings is 2. The Hall–Kier alpha value is -3.35. The van der Waals surface area contributed by atoms with Gasteiger partial charge in [0, 0.05) is 6.54 Å². The van der Waals surface area contributed by atoms with Crippen LogP contribution >= 0.6 is 0 Å². The Morgan fingerprint density at radius 1 is 1.04 bits per heavy atom. The number of halogens is 1. The second-order valence-electron chi connectivity index (χ2n) is 5.36. The SMILES string of the molecule is O=c1nc2n(Cc3cccc(F)c3)c3ccccc3nc-2c(=O)[nH]1. The molecule has 2 heterocycles. The van der Waals surface area contributed by atoms with Gasteiger partial charge in [0.15, 0.2) is 11.5 Å². The maximum atomic E-state index is 13.5. The van der Waals surface area contributed by atoms with Gasteiger partial charge in [-0.2, -0.15) is 4.98 Å². The number of nitrogens with one attached hydrogen (secondary N) is 1. The van der Waals surface area contributed by atoms with E-state index in [1.54, 1.807) is 28.8 Å². The minimum atomic E-state index is -0.738. The number of rotatable bonds is 2. The maximum Gasteiger partial charge on any atom is 0.349 e. The maximum absolute atomic E-state index is 13.5. The zero-order valence-corrected chi connectivity index (χ0v) is 12.4. The summed E-state index contributed by atoms with van der Waals surface area (Å²) in [6, 6.07) is 13.3. The van der Waals surface area contributed by atoms with Crippen LogP contribution in [0.15, 0.2) is 58.1 Å². The van der Waals surface area contributed by atoms with Gasteiger partial charge >= 0.3 is 5.69 Å². The average molecular weight is 322 g/mol. The summed E-state index contributed by atoms with van der Waals surface area (Å²) in [6.07, 6.45) is 0. The number of H-pyrrole nitrogens is 1. The minimum absolute atomic E-state index is 0.0738. The average Bonchev–Trinajstić information content (AvgIpc) is 2.56. The van der Waals surface area contributed by atoms with Crippen molar-refractivity contribution in [3.05, 3.63) is 80.7 Å². The second kappa shape index (κ2) is 5.38. The molecule has 118 valence electrons. The van der Waals surface area contributed by atoms with Crippen molar-refractivity contribution in [1.29, 1.82) is 0 Å². The van der Waals surface area contributed by atoms with Gasteiger partial charge in [-0.3, -0.25) is 9.78 Å². The van der Waals surface area contributed by atoms with Crippen molar-refractivity contribution in [3.8, 4) is 11.5 Å². The standard InChI is InChI=1S/C17H11FN4O2/c18-11-5-3-4-10(8-11)9-22-13-7-2-1-6-12(13)19-14-15(22)20-17(24)21-16(14)23/h1-8H,9H2,(H,21,23,24). The highest BCUT2D eigenvalue weighted by atomic mass is 19.1. The molecule has 6 nitrogen and oxygen atoms in total. The van der Waals surface area contributed by atoms with Crippen molar-refractivity contribution in [3.63, 3.8) is 0 Å². The molecule has 2 aliphatic rings. The van der Waals surface area contributed by atoms with Crippen LogP contribution in [0.1, 0.15) is 5.56 Å². The molecule has 0 spiro atoms. The normalized spacial score (nSPS) is 11.2. The lowest BCUT2D eigenvalue weighted by molar-refractivity contribution is 0.623. The van der Waals surface area contributed by atoms with Crippen molar-refractivity contribution in [2.45, 2.75) is 6.54 Å². The molecule has 0 amide bonds. The van der Waals surface area contributed by atoms with Gasteiger partial charge in [0.1, 0.15) is 5.82 Å². The first-order valence-corrected chi connectivity index (χ1v) is 7.26. The lowest BCUT2D eigenvalue weighted by Crippen LogP contribution is -2.29. The molecule has 0 bridgehead atoms. The van der Waals surface area contributed by atoms with Gasteiger partial charge in [-0.15, -0.1) is 0 Å². The highest BCUT2D eigenvalue weighted by Crippen LogP contribution is 2.21. The van der Waals surface area contributed by atoms with Gasteiger partial charge in [-0.1, -0.05) is 24.3 Å². The van der Waals surface area contributed by atoms with Gasteiger partial charge < -0.3 is 4.57 Å². The Morgan fingerprint density at radius 2 is 1.88 bits per heavy atom. The smallest absolute Gasteiger partial charge is 0.318 e. The van der Waals surface area contributed by atoms with Crippen LogP contribution < -0.4 is 11.2 Å². The summed E-state index contributed by atoms with van der Waals surface area (Å²) in [7, 11) is 0. The fourth-order valence-electron chi connectivity index (χ4n) is 2.72. The van der Waals surface area contributed by atoms with Crippen molar-refractivity contribution < 1.29 is 4.39 Å². The van der Waals surface area contributed by atoms with Crippen LogP contribution in [0.4, 0.5) is 4.39 Å². The van der Waals surface area contributed by atoms with E-state index < -0.39 is 11.2 Å². The first kappa shape index (κ1) is 14.3. The monoisotopic (exact) mass is 322 g/mol. The molecule has 7 heteroatoms. The van der Waals surface area contributed by atoms with Crippen molar-refractivity contribution in [2.24, 2.45) is 0 Å². The third-order valence-corrected chi connectivity index (χ3v) is 3.74. The first-order valence-electron chi connectivity index (χ1n) is 7.26. The van der Waals surface area contributed by atoms with E-state index in [1.807, 2.05) is 12.1 Å². The number of hydrogen-bond acceptors (Lipinski definition) is 4. The Morgan fingerprint density at radius 3 is 2.71 bits per heavy atom. The van der Waals surface area contributed by atoms with E-state index in [0.29, 0.717) is 16.6 Å². The van der Waals surface area contributed by atoms with Crippen LogP contribution in [0, 0.1) is 5.82 Å². The number of fused-ring (bicyclic) bond motifs is 2. The van der Waals surface area contributed by atoms with Gasteiger partial charge in [0.2, 0.25) is 0 Å². The van der Waals surface area contributed by atoms with Crippen molar-refractivity contribution >= 4 is 11.0 Å². The fourth-order valence-corrected chi connectivity index (χ4v) is 2.72. The highest BCUT2D eigenvalue weighted by Gasteiger charge is 2.18. The van der Waals surface area contributed by atoms with Crippen molar-refractivity contribution in [1.82, 2.24) is 19.5 Å². The van der Waals surface area contributed by atoms with E-state index >= 15 is 0 Å². The van der Waals surface area contributed by atoms with Crippen LogP contribution in [0.25, 0.3) is 22.6 Å². The summed E-state index contributed by atoms with van der Waals surface area (Å²) in [5.74, 6) is -0.183. The summed E-state index contributed by atoms with van der Waals surface area (Å²) >= 11 is 0. The zero-order valence-electron chi connectivity index (χ0n) is 12.4. The molecule has 0 saturated heterocycles. The minimum Gasteiger partial charge on any atom is -0.318 e. The quantitative estimate of drug-likeness (QED) is 0.570. The predicted molar refractivity (Wildman–Crippen MR) is 86.5 cm³/mol. The Balaban J connectivity index is 2.06. The molecular formula is C17H11FN4O2. The summed E-state index contributed by atoms with van der Waals surface area (Å²) in [5.41, 5.74) is 0.720. The van der Waals surface area contributed by atoms with Crippen molar-refractivity contribution in [2.75, 3.05) is 0 Å². The molecular weight excluding hydrogens is 311 g/mol. The lowest BCUT2D eigenvalue weighted by atomic mass is 10.2. The van der Waals surface area contributed by atoms with Gasteiger partial charge in [0.25, 0.3) is 5.56 Å². The van der Waals surface area contributed by atoms with E-state index in [-0.39, 0.29) is 23.9 Å². The van der Waals surface area contributed by atoms with E-state index in [4.69, 9.17) is 0 Å². The van der Waals surface area contributed by atoms with Crippen LogP contribution in [0.5, 0.6) is 0 Å². The molecule has 2 aliphatic heterocycles. The summed E-state index contributed by atoms with van der Waals surface area (Å²) in [4.78, 5) is 34.0. The van der Waals surface area contributed by atoms with Gasteiger partial charge in [-0.25, -0.2) is 14.2 Å². The molecule has 1 N–H and O–H groups in total. The summed E-state index contributed by atoms with van der Waals surface area (Å²) in [5, 5.41) is 0. The lowest BCUT2D eigenvalue weighted by Gasteiger charge is -2.16. The van der Waals surface area contributed by atoms with E-state index in [0.717, 1.165) is 0 Å². The van der Waals surface area contributed by atoms with Gasteiger partial charge in [-0.05, 0) is 29.8 Å². The molecule has 2 aromatic carbocycles. The Bertz CT molecular complexity index is 1150. The van der Waals surface area contributed by atoms with E-state index in [2.05, 4.69) is 15.0 Å². The van der Waals surface area contributed by atoms with Crippen LogP contribution in [-0.2, 0) is 6.54 Å². The van der Waals surface area contributed by atoms with E-state index in [9.17, 15) is 14.0 Å².